The molecule has 1 N–H and O–H groups in total. The minimum absolute atomic E-state index is 0.0325. The van der Waals surface area contributed by atoms with Gasteiger partial charge in [0, 0.05) is 6.07 Å². The van der Waals surface area contributed by atoms with Crippen molar-refractivity contribution >= 4 is 27.0 Å². The van der Waals surface area contributed by atoms with Gasteiger partial charge in [-0.15, -0.1) is 0 Å². The van der Waals surface area contributed by atoms with E-state index in [9.17, 15) is 23.3 Å². The van der Waals surface area contributed by atoms with Crippen molar-refractivity contribution in [2.75, 3.05) is 0 Å². The Bertz CT molecular complexity index is 579. The van der Waals surface area contributed by atoms with E-state index >= 15 is 0 Å². The van der Waals surface area contributed by atoms with Gasteiger partial charge in [-0.05, 0) is 6.07 Å². The van der Waals surface area contributed by atoms with Gasteiger partial charge in [0.05, 0.1) is 15.4 Å². The van der Waals surface area contributed by atoms with E-state index in [1.54, 1.807) is 4.72 Å². The number of carbonyl (C=O) groups is 1. The van der Waals surface area contributed by atoms with E-state index < -0.39 is 25.5 Å². The van der Waals surface area contributed by atoms with Gasteiger partial charge >= 0.3 is 0 Å². The molecule has 0 atom stereocenters. The zero-order chi connectivity index (χ0) is 13.1. The Morgan fingerprint density at radius 1 is 1.41 bits per heavy atom. The number of nitrogens with zero attached hydrogens (tertiary/aromatic N) is 1. The number of hydrogen-bond donors (Lipinski definition) is 1. The third kappa shape index (κ3) is 2.67. The summed E-state index contributed by atoms with van der Waals surface area (Å²) in [7, 11) is -4.14. The lowest BCUT2D eigenvalue weighted by Crippen LogP contribution is -2.22. The van der Waals surface area contributed by atoms with Crippen molar-refractivity contribution in [3.8, 4) is 0 Å². The van der Waals surface area contributed by atoms with Gasteiger partial charge in [-0.25, -0.2) is 8.42 Å². The normalized spacial score (nSPS) is 10.6. The van der Waals surface area contributed by atoms with E-state index in [0.29, 0.717) is 0 Å². The first kappa shape index (κ1) is 12.8. The number of sulfonamides is 1. The number of nitro groups is 1. The van der Waals surface area contributed by atoms with Gasteiger partial charge in [-0.1, -0.05) is 18.7 Å². The maximum absolute atomic E-state index is 11.4. The molecule has 0 heterocycles. The minimum Gasteiger partial charge on any atom is -0.278 e. The lowest BCUT2D eigenvalue weighted by molar-refractivity contribution is -0.385. The number of hydrogen-bond acceptors (Lipinski definition) is 5. The predicted molar refractivity (Wildman–Crippen MR) is 60.2 cm³/mol. The lowest BCUT2D eigenvalue weighted by atomic mass is 10.2. The van der Waals surface area contributed by atoms with Crippen molar-refractivity contribution in [2.24, 2.45) is 0 Å². The molecule has 0 radical (unpaired) electrons. The van der Waals surface area contributed by atoms with Crippen LogP contribution >= 0.6 is 0 Å². The molecule has 8 heteroatoms. The fourth-order valence-corrected chi connectivity index (χ4v) is 1.88. The highest BCUT2D eigenvalue weighted by Gasteiger charge is 2.23. The van der Waals surface area contributed by atoms with Gasteiger partial charge in [0.15, 0.2) is 0 Å². The highest BCUT2D eigenvalue weighted by Crippen LogP contribution is 2.27. The second-order valence-corrected chi connectivity index (χ2v) is 4.67. The number of benzene rings is 1. The molecule has 7 nitrogen and oxygen atoms in total. The molecule has 0 spiro atoms. The number of nitrogens with one attached hydrogen (secondary N) is 1. The van der Waals surface area contributed by atoms with Gasteiger partial charge in [-0.3, -0.25) is 19.6 Å². The van der Waals surface area contributed by atoms with E-state index in [4.69, 9.17) is 0 Å². The zero-order valence-electron chi connectivity index (χ0n) is 8.49. The number of carbonyl (C=O) groups excluding carboxylic acids is 1. The second-order valence-electron chi connectivity index (χ2n) is 2.94. The molecule has 1 aromatic carbocycles. The van der Waals surface area contributed by atoms with Gasteiger partial charge in [0.1, 0.15) is 0 Å². The van der Waals surface area contributed by atoms with E-state index in [0.717, 1.165) is 6.07 Å². The van der Waals surface area contributed by atoms with E-state index in [1.165, 1.54) is 18.2 Å². The monoisotopic (exact) mass is 256 g/mol. The maximum atomic E-state index is 11.4. The SMILES string of the molecule is C=C(c1ccccc1[N+](=O)[O-])S(=O)(=O)NC=O. The van der Waals surface area contributed by atoms with Crippen LogP contribution < -0.4 is 4.72 Å². The first-order valence-electron chi connectivity index (χ1n) is 4.29. The number of nitro benzene ring substituents is 1. The Morgan fingerprint density at radius 2 is 2.00 bits per heavy atom. The summed E-state index contributed by atoms with van der Waals surface area (Å²) in [5.41, 5.74) is -0.555. The van der Waals surface area contributed by atoms with E-state index in [2.05, 4.69) is 6.58 Å². The van der Waals surface area contributed by atoms with Crippen LogP contribution in [-0.4, -0.2) is 19.8 Å². The fraction of sp³-hybridized carbons (Fsp3) is 0. The smallest absolute Gasteiger partial charge is 0.277 e. The Hall–Kier alpha value is -2.22. The molecule has 17 heavy (non-hydrogen) atoms. The number of amides is 1. The molecule has 0 aromatic heterocycles. The third-order valence-electron chi connectivity index (χ3n) is 1.93. The molecular weight excluding hydrogens is 248 g/mol. The van der Waals surface area contributed by atoms with Gasteiger partial charge in [0.25, 0.3) is 15.7 Å². The van der Waals surface area contributed by atoms with Crippen LogP contribution in [0.5, 0.6) is 0 Å². The Kier molecular flexibility index (Phi) is 3.59. The molecule has 0 saturated carbocycles. The quantitative estimate of drug-likeness (QED) is 0.472. The van der Waals surface area contributed by atoms with E-state index in [1.807, 2.05) is 0 Å². The highest BCUT2D eigenvalue weighted by atomic mass is 32.2. The summed E-state index contributed by atoms with van der Waals surface area (Å²) in [5, 5.41) is 10.7. The first-order chi connectivity index (χ1) is 7.90. The van der Waals surface area contributed by atoms with Crippen molar-refractivity contribution < 1.29 is 18.1 Å². The molecule has 1 amide bonds. The van der Waals surface area contributed by atoms with Crippen molar-refractivity contribution in [3.05, 3.63) is 46.5 Å². The third-order valence-corrected chi connectivity index (χ3v) is 3.20. The summed E-state index contributed by atoms with van der Waals surface area (Å²) in [6.07, 6.45) is -0.0325. The molecular formula is C9H8N2O5S. The van der Waals surface area contributed by atoms with Crippen LogP contribution in [0, 0.1) is 10.1 Å². The largest absolute Gasteiger partial charge is 0.278 e. The average Bonchev–Trinajstić information content (AvgIpc) is 2.28. The molecule has 1 rings (SSSR count). The van der Waals surface area contributed by atoms with Crippen molar-refractivity contribution in [3.63, 3.8) is 0 Å². The second kappa shape index (κ2) is 4.74. The number of rotatable bonds is 5. The molecule has 1 aromatic rings. The Morgan fingerprint density at radius 3 is 2.53 bits per heavy atom. The standard InChI is InChI=1S/C9H8N2O5S/c1-7(17(15,16)10-6-12)8-4-2-3-5-9(8)11(13)14/h2-6H,1H2,(H,10,12). The fourth-order valence-electron chi connectivity index (χ4n) is 1.15. The summed E-state index contributed by atoms with van der Waals surface area (Å²) in [5.74, 6) is 0. The summed E-state index contributed by atoms with van der Waals surface area (Å²) in [6.45, 7) is 3.24. The summed E-state index contributed by atoms with van der Waals surface area (Å²) < 4.78 is 24.4. The van der Waals surface area contributed by atoms with Gasteiger partial charge in [0.2, 0.25) is 6.41 Å². The van der Waals surface area contributed by atoms with Crippen LogP contribution in [-0.2, 0) is 14.8 Å². The Balaban J connectivity index is 3.31. The van der Waals surface area contributed by atoms with Crippen LogP contribution in [0.4, 0.5) is 5.69 Å². The number of para-hydroxylation sites is 1. The zero-order valence-corrected chi connectivity index (χ0v) is 9.31. The molecule has 0 bridgehead atoms. The summed E-state index contributed by atoms with van der Waals surface area (Å²) in [6, 6.07) is 5.22. The first-order valence-corrected chi connectivity index (χ1v) is 5.77. The Labute approximate surface area is 97.0 Å². The van der Waals surface area contributed by atoms with Crippen molar-refractivity contribution in [1.82, 2.24) is 4.72 Å². The van der Waals surface area contributed by atoms with Gasteiger partial charge < -0.3 is 0 Å². The lowest BCUT2D eigenvalue weighted by Gasteiger charge is -2.06. The van der Waals surface area contributed by atoms with Crippen LogP contribution in [0.1, 0.15) is 5.56 Å². The van der Waals surface area contributed by atoms with Crippen LogP contribution in [0.25, 0.3) is 4.91 Å². The molecule has 0 aliphatic carbocycles. The summed E-state index contributed by atoms with van der Waals surface area (Å²) in [4.78, 5) is 19.5. The summed E-state index contributed by atoms with van der Waals surface area (Å²) >= 11 is 0. The molecule has 0 aliphatic rings. The van der Waals surface area contributed by atoms with Gasteiger partial charge in [-0.2, -0.15) is 0 Å². The maximum Gasteiger partial charge on any atom is 0.277 e. The molecule has 0 unspecified atom stereocenters. The van der Waals surface area contributed by atoms with Crippen molar-refractivity contribution in [2.45, 2.75) is 0 Å². The minimum atomic E-state index is -4.14. The predicted octanol–water partition coefficient (Wildman–Crippen LogP) is 0.641. The highest BCUT2D eigenvalue weighted by molar-refractivity contribution is 7.99. The van der Waals surface area contributed by atoms with Crippen molar-refractivity contribution in [1.29, 1.82) is 0 Å². The molecule has 0 aliphatic heterocycles. The van der Waals surface area contributed by atoms with Crippen LogP contribution in [0.15, 0.2) is 30.8 Å². The molecule has 0 saturated heterocycles. The molecule has 90 valence electrons. The van der Waals surface area contributed by atoms with Crippen LogP contribution in [0.2, 0.25) is 0 Å². The van der Waals surface area contributed by atoms with Crippen LogP contribution in [0.3, 0.4) is 0 Å². The molecule has 0 fully saturated rings. The van der Waals surface area contributed by atoms with E-state index in [-0.39, 0.29) is 12.0 Å². The average molecular weight is 256 g/mol. The topological polar surface area (TPSA) is 106 Å².